The van der Waals surface area contributed by atoms with E-state index in [1.54, 1.807) is 0 Å². The molecule has 0 radical (unpaired) electrons. The van der Waals surface area contributed by atoms with Crippen LogP contribution in [0.25, 0.3) is 10.9 Å². The number of aryl methyl sites for hydroxylation is 1. The molecule has 1 unspecified atom stereocenters. The number of aliphatic hydroxyl groups excluding tert-OH is 1. The predicted octanol–water partition coefficient (Wildman–Crippen LogP) is 1.23. The Bertz CT molecular complexity index is 506. The minimum atomic E-state index is -0.493. The van der Waals surface area contributed by atoms with Crippen molar-refractivity contribution >= 4 is 16.6 Å². The lowest BCUT2D eigenvalue weighted by Gasteiger charge is -2.22. The van der Waals surface area contributed by atoms with E-state index in [0.29, 0.717) is 6.54 Å². The van der Waals surface area contributed by atoms with Crippen molar-refractivity contribution in [2.75, 3.05) is 25.0 Å². The zero-order valence-electron chi connectivity index (χ0n) is 10.3. The molecule has 0 saturated heterocycles. The summed E-state index contributed by atoms with van der Waals surface area (Å²) in [6.45, 7) is 2.87. The molecule has 4 heteroatoms. The van der Waals surface area contributed by atoms with Gasteiger partial charge in [0, 0.05) is 36.7 Å². The molecule has 0 aliphatic carbocycles. The molecule has 4 N–H and O–H groups in total. The average Bonchev–Trinajstić information content (AvgIpc) is 2.64. The maximum absolute atomic E-state index is 9.61. The summed E-state index contributed by atoms with van der Waals surface area (Å²) in [5, 5.41) is 10.8. The van der Waals surface area contributed by atoms with Gasteiger partial charge in [-0.05, 0) is 13.0 Å². The number of nitrogens with zero attached hydrogens (tertiary/aromatic N) is 1. The Hall–Kier alpha value is -1.52. The highest BCUT2D eigenvalue weighted by atomic mass is 16.3. The van der Waals surface area contributed by atoms with Crippen LogP contribution in [-0.2, 0) is 0 Å². The number of fused-ring (bicyclic) bond motifs is 1. The van der Waals surface area contributed by atoms with Crippen molar-refractivity contribution in [3.05, 3.63) is 30.0 Å². The van der Waals surface area contributed by atoms with Crippen molar-refractivity contribution in [3.63, 3.8) is 0 Å². The summed E-state index contributed by atoms with van der Waals surface area (Å²) in [6.07, 6.45) is -0.493. The second kappa shape index (κ2) is 4.77. The molecular weight excluding hydrogens is 214 g/mol. The van der Waals surface area contributed by atoms with Crippen molar-refractivity contribution in [1.82, 2.24) is 4.98 Å². The number of aromatic nitrogens is 1. The highest BCUT2D eigenvalue weighted by Crippen LogP contribution is 2.29. The maximum atomic E-state index is 9.61. The van der Waals surface area contributed by atoms with E-state index < -0.39 is 6.10 Å². The van der Waals surface area contributed by atoms with Gasteiger partial charge in [-0.15, -0.1) is 0 Å². The fourth-order valence-corrected chi connectivity index (χ4v) is 2.24. The standard InChI is InChI=1S/C13H19N3O/c1-9-13(16(2)8-10(17)7-14)11-5-3-4-6-12(11)15-9/h3-6,10,15,17H,7-8,14H2,1-2H3. The first-order valence-corrected chi connectivity index (χ1v) is 5.80. The normalized spacial score (nSPS) is 12.9. The monoisotopic (exact) mass is 233 g/mol. The van der Waals surface area contributed by atoms with Crippen molar-refractivity contribution in [3.8, 4) is 0 Å². The average molecular weight is 233 g/mol. The molecule has 4 nitrogen and oxygen atoms in total. The Balaban J connectivity index is 2.37. The number of aromatic amines is 1. The van der Waals surface area contributed by atoms with Gasteiger partial charge in [-0.25, -0.2) is 0 Å². The van der Waals surface area contributed by atoms with E-state index in [9.17, 15) is 5.11 Å². The summed E-state index contributed by atoms with van der Waals surface area (Å²) in [6, 6.07) is 8.17. The molecule has 2 rings (SSSR count). The van der Waals surface area contributed by atoms with E-state index in [-0.39, 0.29) is 6.54 Å². The Morgan fingerprint density at radius 2 is 2.12 bits per heavy atom. The first-order valence-electron chi connectivity index (χ1n) is 5.80. The lowest BCUT2D eigenvalue weighted by atomic mass is 10.2. The van der Waals surface area contributed by atoms with Crippen LogP contribution in [-0.4, -0.2) is 36.3 Å². The first-order chi connectivity index (χ1) is 8.13. The van der Waals surface area contributed by atoms with Crippen LogP contribution < -0.4 is 10.6 Å². The van der Waals surface area contributed by atoms with E-state index in [1.165, 1.54) is 5.39 Å². The van der Waals surface area contributed by atoms with E-state index in [4.69, 9.17) is 5.73 Å². The van der Waals surface area contributed by atoms with Crippen LogP contribution in [0.4, 0.5) is 5.69 Å². The molecule has 1 aromatic heterocycles. The number of rotatable bonds is 4. The predicted molar refractivity (Wildman–Crippen MR) is 71.4 cm³/mol. The number of nitrogens with two attached hydrogens (primary N) is 1. The van der Waals surface area contributed by atoms with Gasteiger partial charge in [-0.3, -0.25) is 0 Å². The number of hydrogen-bond acceptors (Lipinski definition) is 3. The van der Waals surface area contributed by atoms with Gasteiger partial charge >= 0.3 is 0 Å². The van der Waals surface area contributed by atoms with Crippen molar-refractivity contribution in [2.24, 2.45) is 5.73 Å². The van der Waals surface area contributed by atoms with E-state index in [1.807, 2.05) is 31.0 Å². The van der Waals surface area contributed by atoms with E-state index >= 15 is 0 Å². The Kier molecular flexibility index (Phi) is 3.36. The Morgan fingerprint density at radius 3 is 2.82 bits per heavy atom. The molecule has 0 aliphatic rings. The maximum Gasteiger partial charge on any atom is 0.0836 e. The lowest BCUT2D eigenvalue weighted by molar-refractivity contribution is 0.189. The second-order valence-corrected chi connectivity index (χ2v) is 4.41. The summed E-state index contributed by atoms with van der Waals surface area (Å²) in [5.41, 5.74) is 8.80. The fourth-order valence-electron chi connectivity index (χ4n) is 2.24. The zero-order chi connectivity index (χ0) is 12.4. The van der Waals surface area contributed by atoms with Crippen LogP contribution in [0.2, 0.25) is 0 Å². The molecule has 0 amide bonds. The van der Waals surface area contributed by atoms with Crippen LogP contribution >= 0.6 is 0 Å². The molecule has 1 aromatic carbocycles. The Labute approximate surface area is 101 Å². The van der Waals surface area contributed by atoms with Gasteiger partial charge in [0.05, 0.1) is 11.8 Å². The summed E-state index contributed by atoms with van der Waals surface area (Å²) in [5.74, 6) is 0. The van der Waals surface area contributed by atoms with E-state index in [0.717, 1.165) is 16.9 Å². The highest BCUT2D eigenvalue weighted by molar-refractivity contribution is 5.94. The van der Waals surface area contributed by atoms with Gasteiger partial charge < -0.3 is 20.7 Å². The van der Waals surface area contributed by atoms with Crippen molar-refractivity contribution in [1.29, 1.82) is 0 Å². The fraction of sp³-hybridized carbons (Fsp3) is 0.385. The SMILES string of the molecule is Cc1[nH]c2ccccc2c1N(C)CC(O)CN. The molecule has 1 atom stereocenters. The van der Waals surface area contributed by atoms with Gasteiger partial charge in [-0.1, -0.05) is 18.2 Å². The number of likely N-dealkylation sites (N-methyl/N-ethyl adjacent to an activating group) is 1. The quantitative estimate of drug-likeness (QED) is 0.744. The number of H-pyrrole nitrogens is 1. The summed E-state index contributed by atoms with van der Waals surface area (Å²) < 4.78 is 0. The van der Waals surface area contributed by atoms with Crippen LogP contribution in [0, 0.1) is 6.92 Å². The van der Waals surface area contributed by atoms with Crippen LogP contribution in [0.15, 0.2) is 24.3 Å². The number of nitrogens with one attached hydrogen (secondary N) is 1. The minimum Gasteiger partial charge on any atom is -0.390 e. The van der Waals surface area contributed by atoms with Crippen molar-refractivity contribution < 1.29 is 5.11 Å². The molecule has 92 valence electrons. The summed E-state index contributed by atoms with van der Waals surface area (Å²) in [4.78, 5) is 5.39. The third kappa shape index (κ3) is 2.28. The van der Waals surface area contributed by atoms with Gasteiger partial charge in [0.15, 0.2) is 0 Å². The number of aliphatic hydroxyl groups is 1. The van der Waals surface area contributed by atoms with Gasteiger partial charge in [0.1, 0.15) is 0 Å². The number of anilines is 1. The number of hydrogen-bond donors (Lipinski definition) is 3. The molecule has 2 aromatic rings. The van der Waals surface area contributed by atoms with Crippen molar-refractivity contribution in [2.45, 2.75) is 13.0 Å². The molecular formula is C13H19N3O. The van der Waals surface area contributed by atoms with Crippen LogP contribution in [0.5, 0.6) is 0 Å². The largest absolute Gasteiger partial charge is 0.390 e. The molecule has 0 aliphatic heterocycles. The number of para-hydroxylation sites is 1. The van der Waals surface area contributed by atoms with Gasteiger partial charge in [0.2, 0.25) is 0 Å². The smallest absolute Gasteiger partial charge is 0.0836 e. The van der Waals surface area contributed by atoms with Crippen LogP contribution in [0.3, 0.4) is 0 Å². The molecule has 0 bridgehead atoms. The second-order valence-electron chi connectivity index (χ2n) is 4.41. The third-order valence-electron chi connectivity index (χ3n) is 3.00. The van der Waals surface area contributed by atoms with Gasteiger partial charge in [-0.2, -0.15) is 0 Å². The Morgan fingerprint density at radius 1 is 1.41 bits per heavy atom. The molecule has 0 spiro atoms. The topological polar surface area (TPSA) is 65.3 Å². The molecule has 17 heavy (non-hydrogen) atoms. The summed E-state index contributed by atoms with van der Waals surface area (Å²) in [7, 11) is 1.97. The highest BCUT2D eigenvalue weighted by Gasteiger charge is 2.14. The number of benzene rings is 1. The third-order valence-corrected chi connectivity index (χ3v) is 3.00. The summed E-state index contributed by atoms with van der Waals surface area (Å²) >= 11 is 0. The van der Waals surface area contributed by atoms with Crippen LogP contribution in [0.1, 0.15) is 5.69 Å². The molecule has 0 saturated carbocycles. The first kappa shape index (κ1) is 12.0. The minimum absolute atomic E-state index is 0.283. The van der Waals surface area contributed by atoms with E-state index in [2.05, 4.69) is 17.1 Å². The molecule has 1 heterocycles. The van der Waals surface area contributed by atoms with Gasteiger partial charge in [0.25, 0.3) is 0 Å². The molecule has 0 fully saturated rings. The lowest BCUT2D eigenvalue weighted by Crippen LogP contribution is -2.34. The zero-order valence-corrected chi connectivity index (χ0v) is 10.3.